The zero-order chi connectivity index (χ0) is 11.5. The van der Waals surface area contributed by atoms with Gasteiger partial charge in [0, 0.05) is 18.7 Å². The third-order valence-electron chi connectivity index (χ3n) is 2.11. The van der Waals surface area contributed by atoms with Crippen LogP contribution in [0.25, 0.3) is 11.6 Å². The molecule has 6 heteroatoms. The minimum Gasteiger partial charge on any atom is -0.491 e. The Morgan fingerprint density at radius 3 is 2.94 bits per heavy atom. The number of H-pyrrole nitrogens is 1. The summed E-state index contributed by atoms with van der Waals surface area (Å²) in [5.41, 5.74) is 0.255. The van der Waals surface area contributed by atoms with E-state index >= 15 is 0 Å². The van der Waals surface area contributed by atoms with Gasteiger partial charge in [-0.2, -0.15) is 4.98 Å². The predicted molar refractivity (Wildman–Crippen MR) is 56.3 cm³/mol. The summed E-state index contributed by atoms with van der Waals surface area (Å²) in [6.07, 6.45) is 2.15. The van der Waals surface area contributed by atoms with Gasteiger partial charge in [-0.3, -0.25) is 4.79 Å². The molecule has 0 atom stereocenters. The molecule has 2 aromatic rings. The maximum atomic E-state index is 11.5. The molecule has 2 aromatic heterocycles. The van der Waals surface area contributed by atoms with Gasteiger partial charge in [0.05, 0.1) is 7.11 Å². The van der Waals surface area contributed by atoms with E-state index in [1.165, 1.54) is 19.4 Å². The highest BCUT2D eigenvalue weighted by molar-refractivity contribution is 5.47. The second-order valence-electron chi connectivity index (χ2n) is 3.15. The highest BCUT2D eigenvalue weighted by Gasteiger charge is 2.10. The number of rotatable bonds is 3. The average Bonchev–Trinajstić information content (AvgIpc) is 2.77. The average molecular weight is 221 g/mol. The third kappa shape index (κ3) is 1.81. The number of ether oxygens (including phenoxy) is 1. The number of pyridine rings is 1. The number of methoxy groups -OCH3 is 1. The molecule has 0 aromatic carbocycles. The molecule has 0 saturated heterocycles. The van der Waals surface area contributed by atoms with Gasteiger partial charge in [-0.25, -0.2) is 0 Å². The third-order valence-corrected chi connectivity index (χ3v) is 2.11. The number of nitrogens with zero attached hydrogens (tertiary/aromatic N) is 2. The first kappa shape index (κ1) is 10.4. The van der Waals surface area contributed by atoms with Gasteiger partial charge in [-0.15, -0.1) is 0 Å². The van der Waals surface area contributed by atoms with Gasteiger partial charge in [0.15, 0.2) is 11.6 Å². The van der Waals surface area contributed by atoms with Crippen LogP contribution in [-0.2, 0) is 6.42 Å². The van der Waals surface area contributed by atoms with Crippen LogP contribution in [0.3, 0.4) is 0 Å². The van der Waals surface area contributed by atoms with Crippen molar-refractivity contribution in [2.45, 2.75) is 13.3 Å². The van der Waals surface area contributed by atoms with Gasteiger partial charge in [-0.05, 0) is 0 Å². The Bertz CT molecular complexity index is 544. The zero-order valence-electron chi connectivity index (χ0n) is 8.98. The Hall–Kier alpha value is -2.11. The molecule has 1 N–H and O–H groups in total. The Kier molecular flexibility index (Phi) is 2.72. The molecule has 0 spiro atoms. The molecule has 0 bridgehead atoms. The Morgan fingerprint density at radius 2 is 2.38 bits per heavy atom. The van der Waals surface area contributed by atoms with Gasteiger partial charge in [0.1, 0.15) is 5.69 Å². The van der Waals surface area contributed by atoms with Crippen LogP contribution in [0.4, 0.5) is 0 Å². The van der Waals surface area contributed by atoms with Crippen LogP contribution < -0.4 is 10.2 Å². The van der Waals surface area contributed by atoms with Crippen molar-refractivity contribution in [1.82, 2.24) is 15.1 Å². The molecular weight excluding hydrogens is 210 g/mol. The van der Waals surface area contributed by atoms with Crippen LogP contribution in [0.1, 0.15) is 12.7 Å². The lowest BCUT2D eigenvalue weighted by Crippen LogP contribution is -2.05. The standard InChI is InChI=1S/C10H11N3O3/c1-3-9-12-10(16-13-9)6-4-7(14)8(15-2)5-11-6/h4-5H,3H2,1-2H3,(H,11,14). The summed E-state index contributed by atoms with van der Waals surface area (Å²) in [5.74, 6) is 1.15. The van der Waals surface area contributed by atoms with E-state index in [4.69, 9.17) is 9.26 Å². The molecule has 0 aliphatic carbocycles. The number of hydrogen-bond donors (Lipinski definition) is 1. The van der Waals surface area contributed by atoms with Crippen LogP contribution in [-0.4, -0.2) is 22.2 Å². The summed E-state index contributed by atoms with van der Waals surface area (Å²) in [4.78, 5) is 18.5. The highest BCUT2D eigenvalue weighted by Crippen LogP contribution is 2.14. The molecule has 0 amide bonds. The quantitative estimate of drug-likeness (QED) is 0.836. The van der Waals surface area contributed by atoms with E-state index in [0.29, 0.717) is 23.8 Å². The lowest BCUT2D eigenvalue weighted by atomic mass is 10.3. The second kappa shape index (κ2) is 4.18. The van der Waals surface area contributed by atoms with E-state index in [-0.39, 0.29) is 11.2 Å². The summed E-state index contributed by atoms with van der Waals surface area (Å²) < 4.78 is 9.85. The molecule has 0 saturated carbocycles. The molecule has 0 aliphatic heterocycles. The molecule has 16 heavy (non-hydrogen) atoms. The summed E-state index contributed by atoms with van der Waals surface area (Å²) in [7, 11) is 1.44. The first-order valence-electron chi connectivity index (χ1n) is 4.84. The van der Waals surface area contributed by atoms with Gasteiger partial charge < -0.3 is 14.2 Å². The molecule has 84 valence electrons. The van der Waals surface area contributed by atoms with Crippen molar-refractivity contribution in [1.29, 1.82) is 0 Å². The number of aryl methyl sites for hydroxylation is 1. The SMILES string of the molecule is CCc1noc(-c2cc(=O)c(OC)c[nH]2)n1. The molecule has 6 nitrogen and oxygen atoms in total. The normalized spacial score (nSPS) is 10.4. The van der Waals surface area contributed by atoms with E-state index in [2.05, 4.69) is 15.1 Å². The number of nitrogens with one attached hydrogen (secondary N) is 1. The summed E-state index contributed by atoms with van der Waals surface area (Å²) in [6.45, 7) is 1.92. The van der Waals surface area contributed by atoms with E-state index in [1.54, 1.807) is 0 Å². The van der Waals surface area contributed by atoms with Gasteiger partial charge in [0.25, 0.3) is 5.89 Å². The number of hydrogen-bond acceptors (Lipinski definition) is 5. The first-order chi connectivity index (χ1) is 7.74. The Balaban J connectivity index is 2.41. The maximum absolute atomic E-state index is 11.5. The van der Waals surface area contributed by atoms with E-state index in [1.807, 2.05) is 6.92 Å². The molecular formula is C10H11N3O3. The van der Waals surface area contributed by atoms with E-state index in [9.17, 15) is 4.79 Å². The van der Waals surface area contributed by atoms with Crippen molar-refractivity contribution >= 4 is 0 Å². The minimum atomic E-state index is -0.229. The Morgan fingerprint density at radius 1 is 1.56 bits per heavy atom. The first-order valence-corrected chi connectivity index (χ1v) is 4.84. The van der Waals surface area contributed by atoms with Crippen LogP contribution >= 0.6 is 0 Å². The molecule has 0 unspecified atom stereocenters. The van der Waals surface area contributed by atoms with Gasteiger partial charge >= 0.3 is 0 Å². The molecule has 2 heterocycles. The largest absolute Gasteiger partial charge is 0.491 e. The lowest BCUT2D eigenvalue weighted by Gasteiger charge is -1.98. The minimum absolute atomic E-state index is 0.229. The maximum Gasteiger partial charge on any atom is 0.274 e. The monoisotopic (exact) mass is 221 g/mol. The number of aromatic amines is 1. The van der Waals surface area contributed by atoms with Crippen LogP contribution in [0.15, 0.2) is 21.6 Å². The summed E-state index contributed by atoms with van der Waals surface area (Å²) >= 11 is 0. The van der Waals surface area contributed by atoms with Crippen LogP contribution in [0, 0.1) is 0 Å². The smallest absolute Gasteiger partial charge is 0.274 e. The second-order valence-corrected chi connectivity index (χ2v) is 3.15. The van der Waals surface area contributed by atoms with Crippen molar-refractivity contribution in [2.24, 2.45) is 0 Å². The van der Waals surface area contributed by atoms with Gasteiger partial charge in [-0.1, -0.05) is 12.1 Å². The Labute approximate surface area is 91.3 Å². The fourth-order valence-electron chi connectivity index (χ4n) is 1.25. The van der Waals surface area contributed by atoms with Crippen molar-refractivity contribution < 1.29 is 9.26 Å². The molecule has 0 aliphatic rings. The van der Waals surface area contributed by atoms with Crippen LogP contribution in [0.5, 0.6) is 5.75 Å². The van der Waals surface area contributed by atoms with Crippen molar-refractivity contribution in [3.63, 3.8) is 0 Å². The van der Waals surface area contributed by atoms with Gasteiger partial charge in [0.2, 0.25) is 5.43 Å². The van der Waals surface area contributed by atoms with Crippen molar-refractivity contribution in [2.75, 3.05) is 7.11 Å². The molecule has 0 fully saturated rings. The topological polar surface area (TPSA) is 81.0 Å². The summed E-state index contributed by atoms with van der Waals surface area (Å²) in [5, 5.41) is 3.74. The molecule has 2 rings (SSSR count). The van der Waals surface area contributed by atoms with Crippen molar-refractivity contribution in [3.8, 4) is 17.3 Å². The lowest BCUT2D eigenvalue weighted by molar-refractivity contribution is 0.407. The van der Waals surface area contributed by atoms with Crippen molar-refractivity contribution in [3.05, 3.63) is 28.3 Å². The fourth-order valence-corrected chi connectivity index (χ4v) is 1.25. The highest BCUT2D eigenvalue weighted by atomic mass is 16.5. The van der Waals surface area contributed by atoms with Crippen LogP contribution in [0.2, 0.25) is 0 Å². The van der Waals surface area contributed by atoms with E-state index in [0.717, 1.165) is 0 Å². The molecule has 0 radical (unpaired) electrons. The predicted octanol–water partition coefficient (Wildman–Crippen LogP) is 0.996. The zero-order valence-corrected chi connectivity index (χ0v) is 8.98. The summed E-state index contributed by atoms with van der Waals surface area (Å²) in [6, 6.07) is 1.37. The fraction of sp³-hybridized carbons (Fsp3) is 0.300. The number of aromatic nitrogens is 3. The van der Waals surface area contributed by atoms with E-state index < -0.39 is 0 Å².